The van der Waals surface area contributed by atoms with Gasteiger partial charge < -0.3 is 10.4 Å². The van der Waals surface area contributed by atoms with Crippen LogP contribution in [0.2, 0.25) is 0 Å². The summed E-state index contributed by atoms with van der Waals surface area (Å²) in [4.78, 5) is 1.71. The van der Waals surface area contributed by atoms with E-state index in [2.05, 4.69) is 0 Å². The molecule has 1 N–H and O–H groups in total. The molecule has 0 saturated heterocycles. The summed E-state index contributed by atoms with van der Waals surface area (Å²) in [6.07, 6.45) is 0. The van der Waals surface area contributed by atoms with E-state index in [-0.39, 0.29) is 5.23 Å². The second-order valence-corrected chi connectivity index (χ2v) is 6.25. The van der Waals surface area contributed by atoms with Crippen molar-refractivity contribution in [1.82, 2.24) is 5.23 Å². The molecule has 0 aromatic heterocycles. The molecule has 106 valence electrons. The van der Waals surface area contributed by atoms with Crippen molar-refractivity contribution in [2.75, 3.05) is 0 Å². The van der Waals surface area contributed by atoms with Gasteiger partial charge in [0.2, 0.25) is 0 Å². The first-order chi connectivity index (χ1) is 10.3. The smallest absolute Gasteiger partial charge is 0.104 e. The lowest BCUT2D eigenvalue weighted by atomic mass is 10.2. The first-order valence-electron chi connectivity index (χ1n) is 6.31. The van der Waals surface area contributed by atoms with E-state index in [0.717, 1.165) is 20.9 Å². The average Bonchev–Trinajstić information content (AvgIpc) is 2.56. The molecule has 2 aromatic rings. The third-order valence-electron chi connectivity index (χ3n) is 2.95. The highest BCUT2D eigenvalue weighted by Gasteiger charge is 2.19. The molecule has 1 aliphatic rings. The van der Waals surface area contributed by atoms with Crippen LogP contribution in [0, 0.1) is 5.21 Å². The molecular weight excluding hydrogens is 302 g/mol. The van der Waals surface area contributed by atoms with Crippen LogP contribution in [-0.2, 0) is 0 Å². The second kappa shape index (κ2) is 6.41. The van der Waals surface area contributed by atoms with Gasteiger partial charge in [0.15, 0.2) is 0 Å². The summed E-state index contributed by atoms with van der Waals surface area (Å²) in [6, 6.07) is 19.4. The molecule has 3 rings (SSSR count). The van der Waals surface area contributed by atoms with Crippen LogP contribution in [0.1, 0.15) is 11.1 Å². The number of rotatable bonds is 3. The van der Waals surface area contributed by atoms with Crippen molar-refractivity contribution in [3.8, 4) is 0 Å². The molecule has 1 aliphatic heterocycles. The van der Waals surface area contributed by atoms with Gasteiger partial charge in [-0.25, -0.2) is 0 Å². The van der Waals surface area contributed by atoms with E-state index < -0.39 is 0 Å². The van der Waals surface area contributed by atoms with Gasteiger partial charge in [-0.2, -0.15) is 0 Å². The Bertz CT molecular complexity index is 682. The van der Waals surface area contributed by atoms with Gasteiger partial charge in [-0.1, -0.05) is 84.2 Å². The Morgan fingerprint density at radius 1 is 0.857 bits per heavy atom. The third kappa shape index (κ3) is 3.16. The minimum Gasteiger partial charge on any atom is -0.733 e. The molecular formula is C16H12NO2S2-. The van der Waals surface area contributed by atoms with Crippen molar-refractivity contribution in [3.05, 3.63) is 87.4 Å². The Morgan fingerprint density at radius 2 is 1.43 bits per heavy atom. The SMILES string of the molecule is [O-]N(O)C1=C(c2ccccc2)SC=C(c2ccccc2)S1. The molecule has 0 aliphatic carbocycles. The Hall–Kier alpha value is -1.66. The fourth-order valence-corrected chi connectivity index (χ4v) is 4.14. The van der Waals surface area contributed by atoms with Crippen molar-refractivity contribution in [2.24, 2.45) is 0 Å². The highest BCUT2D eigenvalue weighted by molar-refractivity contribution is 8.19. The van der Waals surface area contributed by atoms with E-state index in [9.17, 15) is 10.4 Å². The van der Waals surface area contributed by atoms with E-state index in [4.69, 9.17) is 0 Å². The molecule has 0 bridgehead atoms. The fourth-order valence-electron chi connectivity index (χ4n) is 1.97. The topological polar surface area (TPSA) is 46.5 Å². The van der Waals surface area contributed by atoms with Crippen LogP contribution in [0.25, 0.3) is 9.81 Å². The summed E-state index contributed by atoms with van der Waals surface area (Å²) in [6.45, 7) is 0. The lowest BCUT2D eigenvalue weighted by Gasteiger charge is -2.30. The Morgan fingerprint density at radius 3 is 2.00 bits per heavy atom. The number of hydrogen-bond donors (Lipinski definition) is 1. The second-order valence-electron chi connectivity index (χ2n) is 4.34. The summed E-state index contributed by atoms with van der Waals surface area (Å²) >= 11 is 2.73. The van der Waals surface area contributed by atoms with Crippen molar-refractivity contribution in [2.45, 2.75) is 0 Å². The zero-order valence-electron chi connectivity index (χ0n) is 11.0. The van der Waals surface area contributed by atoms with Gasteiger partial charge in [-0.3, -0.25) is 5.21 Å². The maximum absolute atomic E-state index is 11.5. The largest absolute Gasteiger partial charge is 0.733 e. The van der Waals surface area contributed by atoms with Gasteiger partial charge >= 0.3 is 0 Å². The zero-order valence-corrected chi connectivity index (χ0v) is 12.6. The fraction of sp³-hybridized carbons (Fsp3) is 0. The predicted octanol–water partition coefficient (Wildman–Crippen LogP) is 4.98. The molecule has 0 radical (unpaired) electrons. The third-order valence-corrected chi connectivity index (χ3v) is 5.38. The zero-order chi connectivity index (χ0) is 14.7. The van der Waals surface area contributed by atoms with Gasteiger partial charge in [0.25, 0.3) is 0 Å². The van der Waals surface area contributed by atoms with E-state index >= 15 is 0 Å². The van der Waals surface area contributed by atoms with Gasteiger partial charge in [0.05, 0.1) is 4.91 Å². The molecule has 2 aromatic carbocycles. The van der Waals surface area contributed by atoms with Crippen molar-refractivity contribution in [1.29, 1.82) is 0 Å². The summed E-state index contributed by atoms with van der Waals surface area (Å²) < 4.78 is 0. The van der Waals surface area contributed by atoms with E-state index in [1.807, 2.05) is 66.1 Å². The standard InChI is InChI=1S/C16H12NO2S2/c18-17(19)16-15(13-9-5-2-6-10-13)20-11-14(21-16)12-7-3-1-4-8-12/h1-11,18H/q-1. The Labute approximate surface area is 131 Å². The van der Waals surface area contributed by atoms with Crippen LogP contribution in [0.4, 0.5) is 0 Å². The molecule has 0 saturated carbocycles. The molecule has 0 atom stereocenters. The molecule has 3 nitrogen and oxygen atoms in total. The normalized spacial score (nSPS) is 14.9. The molecule has 0 unspecified atom stereocenters. The summed E-state index contributed by atoms with van der Waals surface area (Å²) in [5.74, 6) is 0. The van der Waals surface area contributed by atoms with Crippen LogP contribution in [-0.4, -0.2) is 10.4 Å². The van der Waals surface area contributed by atoms with Gasteiger partial charge in [-0.05, 0) is 16.5 Å². The maximum atomic E-state index is 11.5. The molecule has 0 spiro atoms. The summed E-state index contributed by atoms with van der Waals surface area (Å²) in [7, 11) is 0. The number of thioether (sulfide) groups is 2. The number of nitrogens with zero attached hydrogens (tertiary/aromatic N) is 1. The Kier molecular flexibility index (Phi) is 4.36. The quantitative estimate of drug-likeness (QED) is 0.810. The monoisotopic (exact) mass is 314 g/mol. The highest BCUT2D eigenvalue weighted by Crippen LogP contribution is 2.49. The number of benzene rings is 2. The van der Waals surface area contributed by atoms with E-state index in [0.29, 0.717) is 5.03 Å². The minimum atomic E-state index is -0.0457. The van der Waals surface area contributed by atoms with Gasteiger partial charge in [0, 0.05) is 4.91 Å². The minimum absolute atomic E-state index is 0.0457. The summed E-state index contributed by atoms with van der Waals surface area (Å²) in [5.41, 5.74) is 1.95. The van der Waals surface area contributed by atoms with E-state index in [1.54, 1.807) is 0 Å². The lowest BCUT2D eigenvalue weighted by molar-refractivity contribution is 0.00809. The average molecular weight is 314 g/mol. The van der Waals surface area contributed by atoms with Crippen LogP contribution >= 0.6 is 23.5 Å². The first kappa shape index (κ1) is 14.3. The van der Waals surface area contributed by atoms with Crippen LogP contribution in [0.15, 0.2) is 71.1 Å². The predicted molar refractivity (Wildman–Crippen MR) is 90.0 cm³/mol. The molecule has 21 heavy (non-hydrogen) atoms. The van der Waals surface area contributed by atoms with Crippen molar-refractivity contribution >= 4 is 33.3 Å². The van der Waals surface area contributed by atoms with Crippen LogP contribution < -0.4 is 0 Å². The van der Waals surface area contributed by atoms with Crippen LogP contribution in [0.5, 0.6) is 0 Å². The summed E-state index contributed by atoms with van der Waals surface area (Å²) in [5, 5.41) is 23.2. The van der Waals surface area contributed by atoms with Gasteiger partial charge in [0.1, 0.15) is 5.03 Å². The van der Waals surface area contributed by atoms with E-state index in [1.165, 1.54) is 23.5 Å². The lowest BCUT2D eigenvalue weighted by Crippen LogP contribution is -2.10. The van der Waals surface area contributed by atoms with Crippen molar-refractivity contribution in [3.63, 3.8) is 0 Å². The molecule has 0 amide bonds. The van der Waals surface area contributed by atoms with Crippen molar-refractivity contribution < 1.29 is 5.21 Å². The first-order valence-corrected chi connectivity index (χ1v) is 8.01. The van der Waals surface area contributed by atoms with Gasteiger partial charge in [-0.15, -0.1) is 0 Å². The molecule has 5 heteroatoms. The molecule has 1 heterocycles. The number of hydrogen-bond acceptors (Lipinski definition) is 5. The Balaban J connectivity index is 1.95. The number of hydroxylamine groups is 2. The maximum Gasteiger partial charge on any atom is 0.104 e. The van der Waals surface area contributed by atoms with Crippen LogP contribution in [0.3, 0.4) is 0 Å². The highest BCUT2D eigenvalue weighted by atomic mass is 32.2. The molecule has 0 fully saturated rings.